The zero-order chi connectivity index (χ0) is 10.9. The van der Waals surface area contributed by atoms with Crippen LogP contribution < -0.4 is 10.1 Å². The van der Waals surface area contributed by atoms with Gasteiger partial charge in [0.1, 0.15) is 0 Å². The summed E-state index contributed by atoms with van der Waals surface area (Å²) in [6.45, 7) is 3.31. The molecule has 1 heterocycles. The largest absolute Gasteiger partial charge is 0.490 e. The van der Waals surface area contributed by atoms with E-state index in [1.807, 2.05) is 13.2 Å². The lowest BCUT2D eigenvalue weighted by Gasteiger charge is -2.04. The third-order valence-corrected chi connectivity index (χ3v) is 1.93. The van der Waals surface area contributed by atoms with E-state index in [1.165, 1.54) is 0 Å². The van der Waals surface area contributed by atoms with Crippen molar-refractivity contribution in [2.24, 2.45) is 7.05 Å². The lowest BCUT2D eigenvalue weighted by Crippen LogP contribution is -2.21. The van der Waals surface area contributed by atoms with Crippen molar-refractivity contribution in [1.82, 2.24) is 15.1 Å². The molecular formula is C10H19N3O2. The summed E-state index contributed by atoms with van der Waals surface area (Å²) >= 11 is 0. The molecule has 0 radical (unpaired) electrons. The summed E-state index contributed by atoms with van der Waals surface area (Å²) in [5, 5.41) is 7.27. The van der Waals surface area contributed by atoms with Crippen LogP contribution in [0, 0.1) is 0 Å². The number of hydrogen-bond acceptors (Lipinski definition) is 4. The number of methoxy groups -OCH3 is 1. The standard InChI is InChI=1S/C10H19N3O2/c1-13-9-10(8-12-13)15-6-3-4-11-5-7-14-2/h8-9,11H,3-7H2,1-2H3. The van der Waals surface area contributed by atoms with Crippen molar-refractivity contribution in [2.45, 2.75) is 6.42 Å². The van der Waals surface area contributed by atoms with Gasteiger partial charge in [-0.1, -0.05) is 0 Å². The minimum atomic E-state index is 0.714. The molecule has 0 unspecified atom stereocenters. The maximum atomic E-state index is 5.48. The van der Waals surface area contributed by atoms with E-state index in [-0.39, 0.29) is 0 Å². The molecular weight excluding hydrogens is 194 g/mol. The summed E-state index contributed by atoms with van der Waals surface area (Å²) in [6.07, 6.45) is 4.56. The molecule has 86 valence electrons. The Labute approximate surface area is 90.4 Å². The fourth-order valence-corrected chi connectivity index (χ4v) is 1.16. The normalized spacial score (nSPS) is 10.5. The van der Waals surface area contributed by atoms with Gasteiger partial charge in [-0.2, -0.15) is 5.10 Å². The smallest absolute Gasteiger partial charge is 0.157 e. The molecule has 0 amide bonds. The Hall–Kier alpha value is -1.07. The number of nitrogens with zero attached hydrogens (tertiary/aromatic N) is 2. The van der Waals surface area contributed by atoms with Gasteiger partial charge in [-0.25, -0.2) is 0 Å². The van der Waals surface area contributed by atoms with Crippen LogP contribution in [0.2, 0.25) is 0 Å². The first-order valence-electron chi connectivity index (χ1n) is 5.14. The third-order valence-electron chi connectivity index (χ3n) is 1.93. The lowest BCUT2D eigenvalue weighted by atomic mass is 10.4. The van der Waals surface area contributed by atoms with Crippen molar-refractivity contribution in [2.75, 3.05) is 33.4 Å². The molecule has 15 heavy (non-hydrogen) atoms. The monoisotopic (exact) mass is 213 g/mol. The second-order valence-electron chi connectivity index (χ2n) is 3.29. The highest BCUT2D eigenvalue weighted by molar-refractivity contribution is 5.10. The van der Waals surface area contributed by atoms with Crippen LogP contribution in [0.3, 0.4) is 0 Å². The Morgan fingerprint density at radius 2 is 2.27 bits per heavy atom. The summed E-state index contributed by atoms with van der Waals surface area (Å²) < 4.78 is 12.1. The number of ether oxygens (including phenoxy) is 2. The van der Waals surface area contributed by atoms with Gasteiger partial charge in [0.05, 0.1) is 25.6 Å². The molecule has 0 spiro atoms. The predicted octanol–water partition coefficient (Wildman–Crippen LogP) is 0.425. The molecule has 5 heteroatoms. The van der Waals surface area contributed by atoms with Gasteiger partial charge < -0.3 is 14.8 Å². The lowest BCUT2D eigenvalue weighted by molar-refractivity contribution is 0.198. The Kier molecular flexibility index (Phi) is 5.80. The van der Waals surface area contributed by atoms with Crippen LogP contribution in [0.4, 0.5) is 0 Å². The first kappa shape index (κ1) is 12.0. The van der Waals surface area contributed by atoms with Gasteiger partial charge >= 0.3 is 0 Å². The van der Waals surface area contributed by atoms with Crippen LogP contribution in [0.5, 0.6) is 5.75 Å². The molecule has 0 fully saturated rings. The van der Waals surface area contributed by atoms with Crippen LogP contribution in [0.1, 0.15) is 6.42 Å². The van der Waals surface area contributed by atoms with Gasteiger partial charge in [0.2, 0.25) is 0 Å². The average Bonchev–Trinajstić information content (AvgIpc) is 2.63. The molecule has 0 atom stereocenters. The van der Waals surface area contributed by atoms with E-state index in [1.54, 1.807) is 18.0 Å². The minimum absolute atomic E-state index is 0.714. The highest BCUT2D eigenvalue weighted by Gasteiger charge is 1.95. The van der Waals surface area contributed by atoms with Crippen LogP contribution in [0.25, 0.3) is 0 Å². The molecule has 1 aromatic heterocycles. The van der Waals surface area contributed by atoms with Crippen LogP contribution in [-0.2, 0) is 11.8 Å². The molecule has 0 aliphatic heterocycles. The van der Waals surface area contributed by atoms with E-state index in [0.29, 0.717) is 6.61 Å². The average molecular weight is 213 g/mol. The Bertz CT molecular complexity index is 263. The summed E-state index contributed by atoms with van der Waals surface area (Å²) in [6, 6.07) is 0. The Morgan fingerprint density at radius 1 is 1.40 bits per heavy atom. The quantitative estimate of drug-likeness (QED) is 0.636. The molecule has 0 bridgehead atoms. The highest BCUT2D eigenvalue weighted by Crippen LogP contribution is 2.06. The van der Waals surface area contributed by atoms with Crippen molar-refractivity contribution in [1.29, 1.82) is 0 Å². The summed E-state index contributed by atoms with van der Waals surface area (Å²) in [5.74, 6) is 0.828. The van der Waals surface area contributed by atoms with Gasteiger partial charge in [-0.15, -0.1) is 0 Å². The third kappa shape index (κ3) is 5.39. The molecule has 0 aliphatic rings. The number of rotatable bonds is 8. The molecule has 0 aromatic carbocycles. The first-order valence-corrected chi connectivity index (χ1v) is 5.14. The summed E-state index contributed by atoms with van der Waals surface area (Å²) in [4.78, 5) is 0. The van der Waals surface area contributed by atoms with Gasteiger partial charge in [-0.3, -0.25) is 4.68 Å². The second kappa shape index (κ2) is 7.25. The van der Waals surface area contributed by atoms with Crippen molar-refractivity contribution in [3.63, 3.8) is 0 Å². The zero-order valence-corrected chi connectivity index (χ0v) is 9.40. The SMILES string of the molecule is COCCNCCCOc1cnn(C)c1. The molecule has 1 rings (SSSR count). The van der Waals surface area contributed by atoms with E-state index in [9.17, 15) is 0 Å². The van der Waals surface area contributed by atoms with E-state index < -0.39 is 0 Å². The molecule has 5 nitrogen and oxygen atoms in total. The van der Waals surface area contributed by atoms with Crippen molar-refractivity contribution in [3.8, 4) is 5.75 Å². The van der Waals surface area contributed by atoms with Crippen molar-refractivity contribution in [3.05, 3.63) is 12.4 Å². The fourth-order valence-electron chi connectivity index (χ4n) is 1.16. The Balaban J connectivity index is 1.93. The van der Waals surface area contributed by atoms with Gasteiger partial charge in [0.25, 0.3) is 0 Å². The minimum Gasteiger partial charge on any atom is -0.490 e. The van der Waals surface area contributed by atoms with Gasteiger partial charge in [-0.05, 0) is 13.0 Å². The predicted molar refractivity (Wildman–Crippen MR) is 58.1 cm³/mol. The molecule has 1 aromatic rings. The van der Waals surface area contributed by atoms with Gasteiger partial charge in [0.15, 0.2) is 5.75 Å². The van der Waals surface area contributed by atoms with Gasteiger partial charge in [0, 0.05) is 20.7 Å². The Morgan fingerprint density at radius 3 is 2.93 bits per heavy atom. The van der Waals surface area contributed by atoms with Crippen molar-refractivity contribution >= 4 is 0 Å². The topological polar surface area (TPSA) is 48.3 Å². The van der Waals surface area contributed by atoms with Crippen LogP contribution >= 0.6 is 0 Å². The van der Waals surface area contributed by atoms with E-state index >= 15 is 0 Å². The molecule has 0 aliphatic carbocycles. The maximum absolute atomic E-state index is 5.48. The number of hydrogen-bond donors (Lipinski definition) is 1. The highest BCUT2D eigenvalue weighted by atomic mass is 16.5. The number of aromatic nitrogens is 2. The summed E-state index contributed by atoms with van der Waals surface area (Å²) in [7, 11) is 3.58. The summed E-state index contributed by atoms with van der Waals surface area (Å²) in [5.41, 5.74) is 0. The van der Waals surface area contributed by atoms with Crippen molar-refractivity contribution < 1.29 is 9.47 Å². The number of aryl methyl sites for hydroxylation is 1. The first-order chi connectivity index (χ1) is 7.33. The maximum Gasteiger partial charge on any atom is 0.157 e. The van der Waals surface area contributed by atoms with E-state index in [4.69, 9.17) is 9.47 Å². The molecule has 0 saturated carbocycles. The number of nitrogens with one attached hydrogen (secondary N) is 1. The van der Waals surface area contributed by atoms with Crippen LogP contribution in [-0.4, -0.2) is 43.2 Å². The van der Waals surface area contributed by atoms with Crippen LogP contribution in [0.15, 0.2) is 12.4 Å². The van der Waals surface area contributed by atoms with E-state index in [2.05, 4.69) is 10.4 Å². The van der Waals surface area contributed by atoms with E-state index in [0.717, 1.165) is 31.9 Å². The fraction of sp³-hybridized carbons (Fsp3) is 0.700. The second-order valence-corrected chi connectivity index (χ2v) is 3.29. The molecule has 0 saturated heterocycles. The molecule has 1 N–H and O–H groups in total. The zero-order valence-electron chi connectivity index (χ0n) is 9.40.